The first kappa shape index (κ1) is 37.8. The molecular formula is C55H52N4O. The summed E-state index contributed by atoms with van der Waals surface area (Å²) in [6.45, 7) is 4.54. The summed E-state index contributed by atoms with van der Waals surface area (Å²) in [6, 6.07) is 53.9. The smallest absolute Gasteiger partial charge is 0.132 e. The highest BCUT2D eigenvalue weighted by molar-refractivity contribution is 5.83. The van der Waals surface area contributed by atoms with Gasteiger partial charge in [-0.3, -0.25) is 5.32 Å². The van der Waals surface area contributed by atoms with Crippen molar-refractivity contribution in [3.63, 3.8) is 0 Å². The number of hydrogen-bond donors (Lipinski definition) is 2. The fourth-order valence-electron chi connectivity index (χ4n) is 9.45. The number of ether oxygens (including phenoxy) is 1. The summed E-state index contributed by atoms with van der Waals surface area (Å²) in [5.74, 6) is 0. The van der Waals surface area contributed by atoms with Crippen LogP contribution in [0, 0.1) is 6.92 Å². The topological polar surface area (TPSA) is 39.8 Å². The van der Waals surface area contributed by atoms with Gasteiger partial charge in [-0.1, -0.05) is 123 Å². The largest absolute Gasteiger partial charge is 0.378 e. The van der Waals surface area contributed by atoms with E-state index in [0.717, 1.165) is 54.9 Å². The lowest BCUT2D eigenvalue weighted by Gasteiger charge is -2.31. The summed E-state index contributed by atoms with van der Waals surface area (Å²) in [5, 5.41) is 7.42. The molecule has 0 bridgehead atoms. The molecule has 1 fully saturated rings. The third-order valence-electron chi connectivity index (χ3n) is 12.5. The van der Waals surface area contributed by atoms with Crippen LogP contribution in [0.4, 0.5) is 34.1 Å². The van der Waals surface area contributed by atoms with E-state index < -0.39 is 0 Å². The minimum atomic E-state index is -0.0603. The van der Waals surface area contributed by atoms with Crippen molar-refractivity contribution in [3.05, 3.63) is 216 Å². The first-order valence-electron chi connectivity index (χ1n) is 21.6. The Morgan fingerprint density at radius 3 is 2.03 bits per heavy atom. The van der Waals surface area contributed by atoms with E-state index in [9.17, 15) is 0 Å². The van der Waals surface area contributed by atoms with E-state index in [1.807, 2.05) is 0 Å². The van der Waals surface area contributed by atoms with Crippen LogP contribution in [0.3, 0.4) is 0 Å². The third-order valence-corrected chi connectivity index (χ3v) is 12.5. The lowest BCUT2D eigenvalue weighted by Crippen LogP contribution is -2.33. The molecule has 4 atom stereocenters. The van der Waals surface area contributed by atoms with E-state index in [1.54, 1.807) is 0 Å². The molecule has 2 N–H and O–H groups in total. The number of rotatable bonds is 11. The second kappa shape index (κ2) is 16.7. The predicted molar refractivity (Wildman–Crippen MR) is 250 cm³/mol. The van der Waals surface area contributed by atoms with Gasteiger partial charge >= 0.3 is 0 Å². The van der Waals surface area contributed by atoms with E-state index in [-0.39, 0.29) is 24.4 Å². The number of nitrogens with zero attached hydrogens (tertiary/aromatic N) is 2. The van der Waals surface area contributed by atoms with Crippen molar-refractivity contribution in [2.75, 3.05) is 15.1 Å². The maximum atomic E-state index is 6.41. The van der Waals surface area contributed by atoms with Crippen LogP contribution in [0.2, 0.25) is 0 Å². The van der Waals surface area contributed by atoms with Gasteiger partial charge in [-0.15, -0.1) is 0 Å². The summed E-state index contributed by atoms with van der Waals surface area (Å²) in [4.78, 5) is 4.83. The van der Waals surface area contributed by atoms with Crippen LogP contribution in [0.5, 0.6) is 0 Å². The highest BCUT2D eigenvalue weighted by Gasteiger charge is 2.34. The molecule has 298 valence electrons. The predicted octanol–water partition coefficient (Wildman–Crippen LogP) is 13.3. The lowest BCUT2D eigenvalue weighted by atomic mass is 9.92. The monoisotopic (exact) mass is 784 g/mol. The van der Waals surface area contributed by atoms with Gasteiger partial charge in [-0.25, -0.2) is 0 Å². The summed E-state index contributed by atoms with van der Waals surface area (Å²) in [7, 11) is 0. The zero-order valence-electron chi connectivity index (χ0n) is 34.5. The van der Waals surface area contributed by atoms with Gasteiger partial charge in [0.2, 0.25) is 0 Å². The van der Waals surface area contributed by atoms with Crippen LogP contribution in [-0.4, -0.2) is 18.4 Å². The average Bonchev–Trinajstić information content (AvgIpc) is 3.94. The molecule has 0 spiro atoms. The molecule has 2 aliphatic heterocycles. The lowest BCUT2D eigenvalue weighted by molar-refractivity contribution is 0.0842. The molecule has 6 aromatic carbocycles. The Morgan fingerprint density at radius 2 is 1.32 bits per heavy atom. The van der Waals surface area contributed by atoms with Gasteiger partial charge in [0.15, 0.2) is 0 Å². The molecule has 6 aromatic rings. The number of hydrogen-bond acceptors (Lipinski definition) is 5. The first-order valence-corrected chi connectivity index (χ1v) is 21.6. The fourth-order valence-corrected chi connectivity index (χ4v) is 9.45. The zero-order chi connectivity index (χ0) is 40.4. The Labute approximate surface area is 355 Å². The Morgan fingerprint density at radius 1 is 0.633 bits per heavy atom. The summed E-state index contributed by atoms with van der Waals surface area (Å²) in [5.41, 5.74) is 17.4. The first-order chi connectivity index (χ1) is 29.6. The molecule has 60 heavy (non-hydrogen) atoms. The molecule has 4 unspecified atom stereocenters. The molecule has 0 amide bonds. The molecule has 5 heteroatoms. The van der Waals surface area contributed by atoms with Gasteiger partial charge in [0, 0.05) is 39.8 Å². The quantitative estimate of drug-likeness (QED) is 0.137. The molecule has 2 heterocycles. The molecule has 2 aliphatic carbocycles. The number of fused-ring (bicyclic) bond motifs is 2. The number of aryl methyl sites for hydroxylation is 2. The van der Waals surface area contributed by atoms with E-state index in [2.05, 4.69) is 216 Å². The Hall–Kier alpha value is -6.40. The molecule has 0 aromatic heterocycles. The second-order valence-electron chi connectivity index (χ2n) is 16.4. The minimum Gasteiger partial charge on any atom is -0.378 e. The van der Waals surface area contributed by atoms with Crippen LogP contribution in [0.15, 0.2) is 193 Å². The van der Waals surface area contributed by atoms with Crippen LogP contribution >= 0.6 is 0 Å². The van der Waals surface area contributed by atoms with Crippen LogP contribution in [-0.2, 0) is 17.6 Å². The zero-order valence-corrected chi connectivity index (χ0v) is 34.5. The second-order valence-corrected chi connectivity index (χ2v) is 16.4. The van der Waals surface area contributed by atoms with Crippen LogP contribution in [0.1, 0.15) is 54.5 Å². The highest BCUT2D eigenvalue weighted by atomic mass is 16.5. The van der Waals surface area contributed by atoms with Crippen molar-refractivity contribution < 1.29 is 4.74 Å². The van der Waals surface area contributed by atoms with Gasteiger partial charge in [0.25, 0.3) is 0 Å². The van der Waals surface area contributed by atoms with Crippen molar-refractivity contribution >= 4 is 34.1 Å². The van der Waals surface area contributed by atoms with Crippen molar-refractivity contribution in [1.29, 1.82) is 0 Å². The Balaban J connectivity index is 0.977. The number of benzene rings is 6. The van der Waals surface area contributed by atoms with E-state index in [0.29, 0.717) is 0 Å². The highest BCUT2D eigenvalue weighted by Crippen LogP contribution is 2.42. The molecule has 4 aliphatic rings. The van der Waals surface area contributed by atoms with Crippen LogP contribution in [0.25, 0.3) is 11.1 Å². The van der Waals surface area contributed by atoms with Gasteiger partial charge in [-0.05, 0) is 144 Å². The standard InChI is InChI=1S/C55H52N4O/c1-3-14-39-23-32-48(59(44-18-8-5-9-19-44)45-28-24-40(25-29-45)53-36-42-15-10-11-20-51(42)56-53)37-50(39)49-34-33-47(35-38(49)2)58(43-16-6-4-7-17-43)46-30-26-41(27-31-46)55-57-52-21-12-13-22-54(52)60-55/h4-13,15-26,28-30,32-35,37,52-57H,3,14,27,31,36H2,1-2H3. The van der Waals surface area contributed by atoms with Crippen LogP contribution < -0.4 is 20.4 Å². The fraction of sp³-hybridized carbons (Fsp3) is 0.200. The van der Waals surface area contributed by atoms with Crippen molar-refractivity contribution in [3.8, 4) is 11.1 Å². The van der Waals surface area contributed by atoms with Crippen molar-refractivity contribution in [2.24, 2.45) is 0 Å². The molecule has 5 nitrogen and oxygen atoms in total. The van der Waals surface area contributed by atoms with Crippen molar-refractivity contribution in [2.45, 2.75) is 70.4 Å². The number of allylic oxidation sites excluding steroid dienone is 5. The number of nitrogens with one attached hydrogen (secondary N) is 2. The molecule has 1 saturated heterocycles. The number of para-hydroxylation sites is 3. The SMILES string of the molecule is CCCc1ccc(N(c2ccccc2)c2ccc(C3Cc4ccccc4N3)cc2)cc1-c1ccc(N(C2=CC=C(C3NC4C=CC=CC4O3)CC2)c2ccccc2)cc1C. The van der Waals surface area contributed by atoms with Gasteiger partial charge in [0.1, 0.15) is 6.23 Å². The number of anilines is 6. The van der Waals surface area contributed by atoms with Gasteiger partial charge < -0.3 is 19.9 Å². The van der Waals surface area contributed by atoms with Gasteiger partial charge in [0.05, 0.1) is 18.2 Å². The molecule has 10 rings (SSSR count). The molecule has 0 radical (unpaired) electrons. The Bertz CT molecular complexity index is 2560. The van der Waals surface area contributed by atoms with E-state index >= 15 is 0 Å². The Kier molecular flexibility index (Phi) is 10.5. The van der Waals surface area contributed by atoms with E-state index in [1.165, 1.54) is 56.0 Å². The summed E-state index contributed by atoms with van der Waals surface area (Å²) < 4.78 is 6.41. The average molecular weight is 785 g/mol. The summed E-state index contributed by atoms with van der Waals surface area (Å²) >= 11 is 0. The molecule has 0 saturated carbocycles. The molecular weight excluding hydrogens is 733 g/mol. The van der Waals surface area contributed by atoms with E-state index in [4.69, 9.17) is 4.74 Å². The summed E-state index contributed by atoms with van der Waals surface area (Å²) in [6.07, 6.45) is 18.1. The maximum absolute atomic E-state index is 6.41. The van der Waals surface area contributed by atoms with Crippen molar-refractivity contribution in [1.82, 2.24) is 5.32 Å². The normalized spacial score (nSPS) is 20.2. The third kappa shape index (κ3) is 7.51. The maximum Gasteiger partial charge on any atom is 0.132 e. The van der Waals surface area contributed by atoms with Gasteiger partial charge in [-0.2, -0.15) is 0 Å². The minimum absolute atomic E-state index is 0.0603.